The van der Waals surface area contributed by atoms with Crippen molar-refractivity contribution in [1.82, 2.24) is 19.6 Å². The minimum Gasteiger partial charge on any atom is -0.367 e. The summed E-state index contributed by atoms with van der Waals surface area (Å²) in [5.74, 6) is 0. The second kappa shape index (κ2) is 4.47. The second-order valence-electron chi connectivity index (χ2n) is 6.76. The number of urea groups is 2. The Morgan fingerprint density at radius 3 is 1.13 bits per heavy atom. The van der Waals surface area contributed by atoms with Crippen LogP contribution in [0.1, 0.15) is 27.7 Å². The minimum absolute atomic E-state index is 0.515. The van der Waals surface area contributed by atoms with E-state index in [1.807, 2.05) is 0 Å². The van der Waals surface area contributed by atoms with Crippen LogP contribution in [0.4, 0.5) is 9.59 Å². The zero-order valence-electron chi connectivity index (χ0n) is 14.1. The standard InChI is InChI=1S/C13H24N4O6/c1-10(20)12(3,22)16(8(18)14(10)5)7-17-9(19)15(6)11(2,21)13(17,4)23/h20-23H,7H2,1-6H3. The summed E-state index contributed by atoms with van der Waals surface area (Å²) < 4.78 is 0. The average Bonchev–Trinajstić information content (AvgIpc) is 2.60. The van der Waals surface area contributed by atoms with Crippen molar-refractivity contribution in [2.45, 2.75) is 50.6 Å². The molecule has 23 heavy (non-hydrogen) atoms. The van der Waals surface area contributed by atoms with Crippen molar-refractivity contribution in [3.63, 3.8) is 0 Å². The Kier molecular flexibility index (Phi) is 3.45. The van der Waals surface area contributed by atoms with E-state index in [0.717, 1.165) is 19.6 Å². The molecule has 0 aromatic heterocycles. The molecule has 2 saturated heterocycles. The zero-order chi connectivity index (χ0) is 18.2. The first-order valence-electron chi connectivity index (χ1n) is 7.12. The van der Waals surface area contributed by atoms with Crippen molar-refractivity contribution in [3.8, 4) is 0 Å². The first-order chi connectivity index (χ1) is 10.1. The lowest BCUT2D eigenvalue weighted by Gasteiger charge is -2.41. The predicted octanol–water partition coefficient (Wildman–Crippen LogP) is -1.49. The van der Waals surface area contributed by atoms with Crippen LogP contribution >= 0.6 is 0 Å². The van der Waals surface area contributed by atoms with E-state index in [1.165, 1.54) is 41.8 Å². The number of hydrogen-bond donors (Lipinski definition) is 4. The minimum atomic E-state index is -2.01. The highest BCUT2D eigenvalue weighted by atomic mass is 16.4. The molecule has 10 nitrogen and oxygen atoms in total. The number of carbonyl (C=O) groups excluding carboxylic acids is 2. The SMILES string of the molecule is CN1C(=O)N(CN2C(=O)N(C)C(C)(O)C2(C)O)C(C)(O)C1(C)O. The topological polar surface area (TPSA) is 128 Å². The largest absolute Gasteiger partial charge is 0.367 e. The maximum atomic E-state index is 12.3. The van der Waals surface area contributed by atoms with Crippen molar-refractivity contribution in [2.75, 3.05) is 20.8 Å². The first kappa shape index (κ1) is 17.7. The van der Waals surface area contributed by atoms with Gasteiger partial charge in [-0.05, 0) is 27.7 Å². The molecule has 2 aliphatic heterocycles. The third kappa shape index (κ3) is 1.89. The zero-order valence-corrected chi connectivity index (χ0v) is 14.1. The molecule has 0 radical (unpaired) electrons. The highest BCUT2D eigenvalue weighted by Gasteiger charge is 2.65. The maximum absolute atomic E-state index is 12.3. The Morgan fingerprint density at radius 2 is 0.957 bits per heavy atom. The van der Waals surface area contributed by atoms with Gasteiger partial charge in [0.25, 0.3) is 0 Å². The van der Waals surface area contributed by atoms with Crippen molar-refractivity contribution >= 4 is 12.1 Å². The summed E-state index contributed by atoms with van der Waals surface area (Å²) in [6.45, 7) is 4.46. The smallest absolute Gasteiger partial charge is 0.326 e. The van der Waals surface area contributed by atoms with Gasteiger partial charge in [-0.25, -0.2) is 9.59 Å². The van der Waals surface area contributed by atoms with Crippen LogP contribution in [0, 0.1) is 0 Å². The third-order valence-corrected chi connectivity index (χ3v) is 5.47. The summed E-state index contributed by atoms with van der Waals surface area (Å²) in [6.07, 6.45) is 0. The maximum Gasteiger partial charge on any atom is 0.326 e. The molecule has 4 N–H and O–H groups in total. The number of carbonyl (C=O) groups is 2. The van der Waals surface area contributed by atoms with Crippen LogP contribution in [0.25, 0.3) is 0 Å². The highest BCUT2D eigenvalue weighted by Crippen LogP contribution is 2.41. The van der Waals surface area contributed by atoms with Gasteiger partial charge in [-0.2, -0.15) is 0 Å². The molecule has 4 unspecified atom stereocenters. The molecule has 2 rings (SSSR count). The van der Waals surface area contributed by atoms with Crippen molar-refractivity contribution in [2.24, 2.45) is 0 Å². The molecule has 132 valence electrons. The third-order valence-electron chi connectivity index (χ3n) is 5.47. The highest BCUT2D eigenvalue weighted by molar-refractivity contribution is 5.81. The summed E-state index contributed by atoms with van der Waals surface area (Å²) in [4.78, 5) is 28.2. The van der Waals surface area contributed by atoms with Crippen LogP contribution < -0.4 is 0 Å². The van der Waals surface area contributed by atoms with Crippen LogP contribution in [-0.4, -0.2) is 95.8 Å². The van der Waals surface area contributed by atoms with Crippen LogP contribution in [0.2, 0.25) is 0 Å². The Labute approximate surface area is 134 Å². The molecule has 2 fully saturated rings. The van der Waals surface area contributed by atoms with Crippen molar-refractivity contribution in [1.29, 1.82) is 0 Å². The molecule has 4 amide bonds. The lowest BCUT2D eigenvalue weighted by molar-refractivity contribution is -0.232. The number of rotatable bonds is 2. The number of nitrogens with zero attached hydrogens (tertiary/aromatic N) is 4. The van der Waals surface area contributed by atoms with Crippen molar-refractivity contribution < 1.29 is 30.0 Å². The van der Waals surface area contributed by atoms with E-state index in [-0.39, 0.29) is 0 Å². The lowest BCUT2D eigenvalue weighted by atomic mass is 10.0. The Balaban J connectivity index is 2.40. The van der Waals surface area contributed by atoms with Gasteiger partial charge < -0.3 is 20.4 Å². The normalized spacial score (nSPS) is 44.8. The lowest BCUT2D eigenvalue weighted by Crippen LogP contribution is -2.63. The summed E-state index contributed by atoms with van der Waals surface area (Å²) in [7, 11) is 2.62. The van der Waals surface area contributed by atoms with Gasteiger partial charge in [0.15, 0.2) is 22.9 Å². The fourth-order valence-corrected chi connectivity index (χ4v) is 2.79. The summed E-state index contributed by atoms with van der Waals surface area (Å²) in [6, 6.07) is -1.45. The molecule has 2 heterocycles. The second-order valence-corrected chi connectivity index (χ2v) is 6.76. The van der Waals surface area contributed by atoms with Gasteiger partial charge in [-0.3, -0.25) is 19.6 Å². The predicted molar refractivity (Wildman–Crippen MR) is 77.4 cm³/mol. The van der Waals surface area contributed by atoms with Crippen molar-refractivity contribution in [3.05, 3.63) is 0 Å². The van der Waals surface area contributed by atoms with Crippen LogP contribution in [0.15, 0.2) is 0 Å². The average molecular weight is 332 g/mol. The van der Waals surface area contributed by atoms with E-state index in [2.05, 4.69) is 0 Å². The number of likely N-dealkylation sites (N-methyl/N-ethyl adjacent to an activating group) is 2. The molecule has 10 heteroatoms. The Morgan fingerprint density at radius 1 is 0.696 bits per heavy atom. The summed E-state index contributed by atoms with van der Waals surface area (Å²) >= 11 is 0. The molecule has 4 atom stereocenters. The molecular weight excluding hydrogens is 308 g/mol. The molecule has 0 spiro atoms. The quantitative estimate of drug-likeness (QED) is 0.488. The van der Waals surface area contributed by atoms with E-state index >= 15 is 0 Å². The number of hydrogen-bond acceptors (Lipinski definition) is 6. The summed E-state index contributed by atoms with van der Waals surface area (Å²) in [5.41, 5.74) is -7.81. The van der Waals surface area contributed by atoms with Crippen LogP contribution in [-0.2, 0) is 0 Å². The van der Waals surface area contributed by atoms with Gasteiger partial charge in [-0.1, -0.05) is 0 Å². The number of aliphatic hydroxyl groups is 4. The fraction of sp³-hybridized carbons (Fsp3) is 0.846. The molecule has 2 aliphatic rings. The molecular formula is C13H24N4O6. The van der Waals surface area contributed by atoms with E-state index in [4.69, 9.17) is 0 Å². The molecule has 0 aromatic carbocycles. The molecule has 0 aliphatic carbocycles. The van der Waals surface area contributed by atoms with Crippen LogP contribution in [0.5, 0.6) is 0 Å². The van der Waals surface area contributed by atoms with E-state index < -0.39 is 41.6 Å². The van der Waals surface area contributed by atoms with Gasteiger partial charge in [0.05, 0.1) is 0 Å². The fourth-order valence-electron chi connectivity index (χ4n) is 2.79. The monoisotopic (exact) mass is 332 g/mol. The van der Waals surface area contributed by atoms with E-state index in [0.29, 0.717) is 0 Å². The van der Waals surface area contributed by atoms with Gasteiger partial charge in [0, 0.05) is 14.1 Å². The Hall–Kier alpha value is -1.62. The van der Waals surface area contributed by atoms with E-state index in [1.54, 1.807) is 0 Å². The van der Waals surface area contributed by atoms with Gasteiger partial charge in [0.1, 0.15) is 6.67 Å². The van der Waals surface area contributed by atoms with Crippen LogP contribution in [0.3, 0.4) is 0 Å². The molecule has 0 saturated carbocycles. The summed E-state index contributed by atoms with van der Waals surface area (Å²) in [5, 5.41) is 41.8. The Bertz CT molecular complexity index is 511. The molecule has 0 aromatic rings. The number of amides is 4. The first-order valence-corrected chi connectivity index (χ1v) is 7.12. The molecule has 0 bridgehead atoms. The van der Waals surface area contributed by atoms with Gasteiger partial charge in [-0.15, -0.1) is 0 Å². The van der Waals surface area contributed by atoms with Gasteiger partial charge >= 0.3 is 12.1 Å². The van der Waals surface area contributed by atoms with Gasteiger partial charge in [0.2, 0.25) is 0 Å². The van der Waals surface area contributed by atoms with E-state index in [9.17, 15) is 30.0 Å².